The zero-order valence-electron chi connectivity index (χ0n) is 14.7. The molecule has 0 aromatic rings. The number of nitrogens with one attached hydrogen (secondary N) is 2. The molecule has 0 bridgehead atoms. The quantitative estimate of drug-likeness (QED) is 0.644. The third-order valence-corrected chi connectivity index (χ3v) is 3.43. The molecule has 21 heavy (non-hydrogen) atoms. The molecule has 0 aromatic carbocycles. The zero-order chi connectivity index (χ0) is 16.7. The first kappa shape index (κ1) is 20.2. The van der Waals surface area contributed by atoms with E-state index < -0.39 is 5.60 Å². The van der Waals surface area contributed by atoms with Gasteiger partial charge in [-0.15, -0.1) is 0 Å². The molecule has 0 rings (SSSR count). The Hall–Kier alpha value is -0.810. The number of alkyl carbamates (subject to hydrolysis) is 1. The summed E-state index contributed by atoms with van der Waals surface area (Å²) < 4.78 is 5.25. The molecule has 0 saturated carbocycles. The van der Waals surface area contributed by atoms with Crippen LogP contribution in [-0.4, -0.2) is 42.0 Å². The second-order valence-corrected chi connectivity index (χ2v) is 7.63. The van der Waals surface area contributed by atoms with E-state index in [9.17, 15) is 4.79 Å². The second-order valence-electron chi connectivity index (χ2n) is 7.63. The van der Waals surface area contributed by atoms with E-state index in [0.717, 1.165) is 6.54 Å². The minimum Gasteiger partial charge on any atom is -0.444 e. The van der Waals surface area contributed by atoms with Gasteiger partial charge in [-0.05, 0) is 52.9 Å². The summed E-state index contributed by atoms with van der Waals surface area (Å²) in [6, 6.07) is 0. The van der Waals surface area contributed by atoms with E-state index in [0.29, 0.717) is 24.8 Å². The summed E-state index contributed by atoms with van der Waals surface area (Å²) in [6.45, 7) is 15.5. The highest BCUT2D eigenvalue weighted by Crippen LogP contribution is 2.13. The van der Waals surface area contributed by atoms with Gasteiger partial charge in [0.15, 0.2) is 0 Å². The second kappa shape index (κ2) is 8.59. The first-order chi connectivity index (χ1) is 9.47. The molecule has 3 N–H and O–H groups in total. The number of aliphatic hydroxyl groups excluding tert-OH is 1. The summed E-state index contributed by atoms with van der Waals surface area (Å²) >= 11 is 0. The topological polar surface area (TPSA) is 70.6 Å². The van der Waals surface area contributed by atoms with Crippen LogP contribution < -0.4 is 10.6 Å². The molecular weight excluding hydrogens is 268 g/mol. The highest BCUT2D eigenvalue weighted by molar-refractivity contribution is 5.67. The highest BCUT2D eigenvalue weighted by Gasteiger charge is 2.22. The molecular formula is C16H34N2O3. The van der Waals surface area contributed by atoms with Crippen molar-refractivity contribution in [1.29, 1.82) is 0 Å². The molecule has 0 fully saturated rings. The fourth-order valence-corrected chi connectivity index (χ4v) is 1.85. The van der Waals surface area contributed by atoms with Crippen LogP contribution in [-0.2, 0) is 4.74 Å². The molecule has 1 amide bonds. The molecule has 5 heteroatoms. The largest absolute Gasteiger partial charge is 0.444 e. The van der Waals surface area contributed by atoms with E-state index in [4.69, 9.17) is 9.84 Å². The number of hydrogen-bond donors (Lipinski definition) is 3. The summed E-state index contributed by atoms with van der Waals surface area (Å²) in [6.07, 6.45) is 0.333. The molecule has 0 heterocycles. The lowest BCUT2D eigenvalue weighted by molar-refractivity contribution is 0.0514. The van der Waals surface area contributed by atoms with Crippen molar-refractivity contribution in [2.75, 3.05) is 19.7 Å². The van der Waals surface area contributed by atoms with Crippen molar-refractivity contribution < 1.29 is 14.6 Å². The Morgan fingerprint density at radius 2 is 1.71 bits per heavy atom. The first-order valence-corrected chi connectivity index (χ1v) is 7.79. The molecule has 0 aliphatic heterocycles. The normalized spacial score (nSPS) is 14.1. The average Bonchev–Trinajstić information content (AvgIpc) is 2.25. The number of hydrogen-bond acceptors (Lipinski definition) is 4. The lowest BCUT2D eigenvalue weighted by atomic mass is 9.93. The fourth-order valence-electron chi connectivity index (χ4n) is 1.85. The van der Waals surface area contributed by atoms with Gasteiger partial charge in [-0.1, -0.05) is 13.8 Å². The van der Waals surface area contributed by atoms with Crippen molar-refractivity contribution in [3.63, 3.8) is 0 Å². The van der Waals surface area contributed by atoms with Crippen LogP contribution in [0.15, 0.2) is 0 Å². The summed E-state index contributed by atoms with van der Waals surface area (Å²) in [7, 11) is 0. The minimum absolute atomic E-state index is 0.103. The Balaban J connectivity index is 4.29. The monoisotopic (exact) mass is 302 g/mol. The molecule has 0 saturated heterocycles. The predicted molar refractivity (Wildman–Crippen MR) is 86.3 cm³/mol. The third-order valence-electron chi connectivity index (χ3n) is 3.43. The molecule has 0 aliphatic rings. The van der Waals surface area contributed by atoms with Crippen molar-refractivity contribution in [2.24, 2.45) is 11.8 Å². The van der Waals surface area contributed by atoms with Gasteiger partial charge in [-0.25, -0.2) is 4.79 Å². The van der Waals surface area contributed by atoms with E-state index in [1.165, 1.54) is 0 Å². The number of ether oxygens (including phenoxy) is 1. The predicted octanol–water partition coefficient (Wildman–Crippen LogP) is 2.53. The molecule has 5 nitrogen and oxygen atoms in total. The van der Waals surface area contributed by atoms with E-state index in [1.54, 1.807) is 0 Å². The van der Waals surface area contributed by atoms with Gasteiger partial charge in [0.2, 0.25) is 0 Å². The maximum atomic E-state index is 11.7. The van der Waals surface area contributed by atoms with Crippen LogP contribution in [0.1, 0.15) is 54.9 Å². The summed E-state index contributed by atoms with van der Waals surface area (Å²) in [5, 5.41) is 15.3. The van der Waals surface area contributed by atoms with Crippen LogP contribution in [0.5, 0.6) is 0 Å². The maximum Gasteiger partial charge on any atom is 0.407 e. The van der Waals surface area contributed by atoms with Crippen molar-refractivity contribution in [3.05, 3.63) is 0 Å². The minimum atomic E-state index is -0.473. The maximum absolute atomic E-state index is 11.7. The Morgan fingerprint density at radius 1 is 1.14 bits per heavy atom. The van der Waals surface area contributed by atoms with Crippen LogP contribution in [0.3, 0.4) is 0 Å². The average molecular weight is 302 g/mol. The Bertz CT molecular complexity index is 309. The van der Waals surface area contributed by atoms with Gasteiger partial charge in [-0.2, -0.15) is 0 Å². The SMILES string of the molecule is CC(C)C(CNC(=O)OC(C)(C)C)CNC(C)(C)CCO. The van der Waals surface area contributed by atoms with Gasteiger partial charge in [-0.3, -0.25) is 0 Å². The van der Waals surface area contributed by atoms with Crippen molar-refractivity contribution in [1.82, 2.24) is 10.6 Å². The third kappa shape index (κ3) is 10.5. The molecule has 0 aliphatic carbocycles. The first-order valence-electron chi connectivity index (χ1n) is 7.79. The smallest absolute Gasteiger partial charge is 0.407 e. The van der Waals surface area contributed by atoms with E-state index in [-0.39, 0.29) is 18.2 Å². The zero-order valence-corrected chi connectivity index (χ0v) is 14.7. The van der Waals surface area contributed by atoms with Crippen molar-refractivity contribution >= 4 is 6.09 Å². The van der Waals surface area contributed by atoms with E-state index in [2.05, 4.69) is 38.3 Å². The lowest BCUT2D eigenvalue weighted by Gasteiger charge is -2.30. The van der Waals surface area contributed by atoms with Crippen LogP contribution in [0, 0.1) is 11.8 Å². The summed E-state index contributed by atoms with van der Waals surface area (Å²) in [4.78, 5) is 11.7. The molecule has 1 atom stereocenters. The van der Waals surface area contributed by atoms with E-state index in [1.807, 2.05) is 20.8 Å². The Kier molecular flexibility index (Phi) is 8.26. The molecule has 0 aromatic heterocycles. The number of carbonyl (C=O) groups excluding carboxylic acids is 1. The summed E-state index contributed by atoms with van der Waals surface area (Å²) in [5.74, 6) is 0.757. The van der Waals surface area contributed by atoms with Crippen LogP contribution in [0.25, 0.3) is 0 Å². The molecule has 126 valence electrons. The Labute approximate surface area is 129 Å². The number of amides is 1. The molecule has 0 spiro atoms. The fraction of sp³-hybridized carbons (Fsp3) is 0.938. The standard InChI is InChI=1S/C16H34N2O3/c1-12(2)13(11-18-16(6,7)8-9-19)10-17-14(20)21-15(3,4)5/h12-13,18-19H,8-11H2,1-7H3,(H,17,20). The van der Waals surface area contributed by atoms with Gasteiger partial charge in [0.1, 0.15) is 5.60 Å². The molecule has 0 radical (unpaired) electrons. The van der Waals surface area contributed by atoms with Gasteiger partial charge >= 0.3 is 6.09 Å². The van der Waals surface area contributed by atoms with Crippen LogP contribution in [0.4, 0.5) is 4.79 Å². The summed E-state index contributed by atoms with van der Waals surface area (Å²) in [5.41, 5.74) is -0.577. The van der Waals surface area contributed by atoms with E-state index >= 15 is 0 Å². The van der Waals surface area contributed by atoms with Gasteiger partial charge in [0.05, 0.1) is 0 Å². The van der Waals surface area contributed by atoms with Crippen molar-refractivity contribution in [2.45, 2.75) is 66.0 Å². The van der Waals surface area contributed by atoms with Gasteiger partial charge in [0.25, 0.3) is 0 Å². The molecule has 1 unspecified atom stereocenters. The van der Waals surface area contributed by atoms with Gasteiger partial charge < -0.3 is 20.5 Å². The number of carbonyl (C=O) groups is 1. The number of rotatable bonds is 8. The lowest BCUT2D eigenvalue weighted by Crippen LogP contribution is -2.46. The van der Waals surface area contributed by atoms with Crippen LogP contribution in [0.2, 0.25) is 0 Å². The Morgan fingerprint density at radius 3 is 2.14 bits per heavy atom. The highest BCUT2D eigenvalue weighted by atomic mass is 16.6. The van der Waals surface area contributed by atoms with Gasteiger partial charge in [0, 0.05) is 25.2 Å². The number of aliphatic hydroxyl groups is 1. The van der Waals surface area contributed by atoms with Crippen LogP contribution >= 0.6 is 0 Å². The van der Waals surface area contributed by atoms with Crippen molar-refractivity contribution in [3.8, 4) is 0 Å².